The SMILES string of the molecule is CNC(C)Cc1noc(-c2ccccc2C(=O)c2cc(C)ccc2C)n1.Cl. The van der Waals surface area contributed by atoms with E-state index in [2.05, 4.69) is 15.5 Å². The fourth-order valence-corrected chi connectivity index (χ4v) is 2.82. The summed E-state index contributed by atoms with van der Waals surface area (Å²) in [6, 6.07) is 13.5. The highest BCUT2D eigenvalue weighted by molar-refractivity contribution is 6.13. The number of halogens is 1. The van der Waals surface area contributed by atoms with Crippen LogP contribution in [0.25, 0.3) is 11.5 Å². The van der Waals surface area contributed by atoms with Crippen molar-refractivity contribution in [1.29, 1.82) is 0 Å². The summed E-state index contributed by atoms with van der Waals surface area (Å²) in [5.74, 6) is 0.957. The van der Waals surface area contributed by atoms with Gasteiger partial charge in [0.1, 0.15) is 0 Å². The number of ketones is 1. The molecule has 1 aromatic heterocycles. The first-order chi connectivity index (χ1) is 12.5. The number of likely N-dealkylation sites (N-methyl/N-ethyl adjacent to an activating group) is 1. The average Bonchev–Trinajstić information content (AvgIpc) is 3.11. The van der Waals surface area contributed by atoms with Gasteiger partial charge in [0.2, 0.25) is 0 Å². The molecule has 0 aliphatic carbocycles. The lowest BCUT2D eigenvalue weighted by Crippen LogP contribution is -2.24. The zero-order valence-electron chi connectivity index (χ0n) is 15.9. The fourth-order valence-electron chi connectivity index (χ4n) is 2.82. The minimum absolute atomic E-state index is 0. The summed E-state index contributed by atoms with van der Waals surface area (Å²) in [5, 5.41) is 7.20. The topological polar surface area (TPSA) is 68.0 Å². The molecule has 1 atom stereocenters. The van der Waals surface area contributed by atoms with Gasteiger partial charge in [-0.3, -0.25) is 4.79 Å². The van der Waals surface area contributed by atoms with E-state index in [1.54, 1.807) is 6.07 Å². The summed E-state index contributed by atoms with van der Waals surface area (Å²) in [6.07, 6.45) is 0.660. The van der Waals surface area contributed by atoms with Crippen molar-refractivity contribution in [3.05, 3.63) is 70.5 Å². The zero-order valence-corrected chi connectivity index (χ0v) is 16.8. The maximum atomic E-state index is 13.1. The third-order valence-electron chi connectivity index (χ3n) is 4.49. The van der Waals surface area contributed by atoms with Crippen molar-refractivity contribution in [1.82, 2.24) is 15.5 Å². The van der Waals surface area contributed by atoms with E-state index >= 15 is 0 Å². The van der Waals surface area contributed by atoms with Gasteiger partial charge in [-0.2, -0.15) is 4.98 Å². The first kappa shape index (κ1) is 20.8. The summed E-state index contributed by atoms with van der Waals surface area (Å²) in [7, 11) is 1.89. The molecule has 142 valence electrons. The van der Waals surface area contributed by atoms with Gasteiger partial charge in [0, 0.05) is 23.6 Å². The molecule has 1 heterocycles. The summed E-state index contributed by atoms with van der Waals surface area (Å²) in [6.45, 7) is 5.97. The van der Waals surface area contributed by atoms with Gasteiger partial charge in [0.05, 0.1) is 5.56 Å². The van der Waals surface area contributed by atoms with E-state index in [-0.39, 0.29) is 24.2 Å². The number of hydrogen-bond donors (Lipinski definition) is 1. The van der Waals surface area contributed by atoms with Gasteiger partial charge in [-0.1, -0.05) is 41.1 Å². The Morgan fingerprint density at radius 2 is 1.89 bits per heavy atom. The van der Waals surface area contributed by atoms with Gasteiger partial charge in [0.15, 0.2) is 11.6 Å². The van der Waals surface area contributed by atoms with Crippen molar-refractivity contribution in [3.63, 3.8) is 0 Å². The molecular formula is C21H24ClN3O2. The predicted molar refractivity (Wildman–Crippen MR) is 109 cm³/mol. The average molecular weight is 386 g/mol. The van der Waals surface area contributed by atoms with Crippen LogP contribution in [0.1, 0.15) is 39.8 Å². The normalized spacial score (nSPS) is 11.7. The van der Waals surface area contributed by atoms with E-state index in [1.165, 1.54) is 0 Å². The van der Waals surface area contributed by atoms with Crippen LogP contribution in [0.15, 0.2) is 47.0 Å². The number of benzene rings is 2. The van der Waals surface area contributed by atoms with Crippen LogP contribution >= 0.6 is 12.4 Å². The molecule has 0 fully saturated rings. The Labute approximate surface area is 165 Å². The summed E-state index contributed by atoms with van der Waals surface area (Å²) < 4.78 is 5.44. The molecule has 0 spiro atoms. The third-order valence-corrected chi connectivity index (χ3v) is 4.49. The maximum Gasteiger partial charge on any atom is 0.258 e. The molecule has 0 saturated heterocycles. The Hall–Kier alpha value is -2.50. The molecule has 0 aliphatic rings. The molecule has 3 rings (SSSR count). The summed E-state index contributed by atoms with van der Waals surface area (Å²) in [4.78, 5) is 17.6. The molecule has 3 aromatic rings. The first-order valence-corrected chi connectivity index (χ1v) is 8.70. The summed E-state index contributed by atoms with van der Waals surface area (Å²) >= 11 is 0. The van der Waals surface area contributed by atoms with Crippen LogP contribution in [0.5, 0.6) is 0 Å². The molecule has 2 aromatic carbocycles. The highest BCUT2D eigenvalue weighted by atomic mass is 35.5. The number of nitrogens with zero attached hydrogens (tertiary/aromatic N) is 2. The Balaban J connectivity index is 0.00000261. The second-order valence-electron chi connectivity index (χ2n) is 6.60. The lowest BCUT2D eigenvalue weighted by atomic mass is 9.94. The molecule has 0 radical (unpaired) electrons. The Morgan fingerprint density at radius 1 is 1.15 bits per heavy atom. The second kappa shape index (κ2) is 8.93. The number of carbonyl (C=O) groups excluding carboxylic acids is 1. The van der Waals surface area contributed by atoms with E-state index in [0.29, 0.717) is 34.8 Å². The standard InChI is InChI=1S/C21H23N3O2.ClH/c1-13-9-10-14(2)18(11-13)20(25)16-7-5-6-8-17(16)21-23-19(24-26-21)12-15(3)22-4;/h5-11,15,22H,12H2,1-4H3;1H. The minimum atomic E-state index is -0.0369. The molecule has 27 heavy (non-hydrogen) atoms. The number of aromatic nitrogens is 2. The Morgan fingerprint density at radius 3 is 2.63 bits per heavy atom. The predicted octanol–water partition coefficient (Wildman–Crippen LogP) is 4.16. The third kappa shape index (κ3) is 4.62. The van der Waals surface area contributed by atoms with Crippen molar-refractivity contribution in [3.8, 4) is 11.5 Å². The molecule has 0 saturated carbocycles. The number of aryl methyl sites for hydroxylation is 2. The number of carbonyl (C=O) groups is 1. The molecule has 0 amide bonds. The molecule has 5 nitrogen and oxygen atoms in total. The molecule has 0 bridgehead atoms. The zero-order chi connectivity index (χ0) is 18.7. The van der Waals surface area contributed by atoms with Crippen molar-refractivity contribution in [2.24, 2.45) is 0 Å². The highest BCUT2D eigenvalue weighted by Crippen LogP contribution is 2.26. The smallest absolute Gasteiger partial charge is 0.258 e. The van der Waals surface area contributed by atoms with Gasteiger partial charge in [0.25, 0.3) is 5.89 Å². The number of rotatable bonds is 6. The van der Waals surface area contributed by atoms with E-state index in [9.17, 15) is 4.79 Å². The largest absolute Gasteiger partial charge is 0.334 e. The Kier molecular flexibility index (Phi) is 6.88. The highest BCUT2D eigenvalue weighted by Gasteiger charge is 2.20. The van der Waals surface area contributed by atoms with Gasteiger partial charge in [-0.05, 0) is 45.5 Å². The molecule has 6 heteroatoms. The van der Waals surface area contributed by atoms with Crippen LogP contribution < -0.4 is 5.32 Å². The van der Waals surface area contributed by atoms with Crippen LogP contribution in [0, 0.1) is 13.8 Å². The van der Waals surface area contributed by atoms with Crippen LogP contribution in [0.4, 0.5) is 0 Å². The second-order valence-corrected chi connectivity index (χ2v) is 6.60. The Bertz CT molecular complexity index is 937. The summed E-state index contributed by atoms with van der Waals surface area (Å²) in [5.41, 5.74) is 3.93. The van der Waals surface area contributed by atoms with E-state index in [4.69, 9.17) is 4.52 Å². The lowest BCUT2D eigenvalue weighted by Gasteiger charge is -2.09. The monoisotopic (exact) mass is 385 g/mol. The van der Waals surface area contributed by atoms with E-state index in [0.717, 1.165) is 11.1 Å². The van der Waals surface area contributed by atoms with Crippen LogP contribution in [0.2, 0.25) is 0 Å². The van der Waals surface area contributed by atoms with E-state index < -0.39 is 0 Å². The van der Waals surface area contributed by atoms with Crippen LogP contribution in [0.3, 0.4) is 0 Å². The minimum Gasteiger partial charge on any atom is -0.334 e. The quantitative estimate of drug-likeness (QED) is 0.645. The fraction of sp³-hybridized carbons (Fsp3) is 0.286. The van der Waals surface area contributed by atoms with Crippen LogP contribution in [-0.2, 0) is 6.42 Å². The molecular weight excluding hydrogens is 362 g/mol. The molecule has 1 N–H and O–H groups in total. The molecule has 1 unspecified atom stereocenters. The van der Waals surface area contributed by atoms with Crippen molar-refractivity contribution in [2.75, 3.05) is 7.05 Å². The van der Waals surface area contributed by atoms with Gasteiger partial charge < -0.3 is 9.84 Å². The number of nitrogens with one attached hydrogen (secondary N) is 1. The first-order valence-electron chi connectivity index (χ1n) is 8.70. The van der Waals surface area contributed by atoms with Crippen molar-refractivity contribution >= 4 is 18.2 Å². The van der Waals surface area contributed by atoms with Crippen molar-refractivity contribution < 1.29 is 9.32 Å². The van der Waals surface area contributed by atoms with Gasteiger partial charge >= 0.3 is 0 Å². The lowest BCUT2D eigenvalue weighted by molar-refractivity contribution is 0.103. The molecule has 0 aliphatic heterocycles. The van der Waals surface area contributed by atoms with Gasteiger partial charge in [-0.15, -0.1) is 12.4 Å². The van der Waals surface area contributed by atoms with Crippen LogP contribution in [-0.4, -0.2) is 29.0 Å². The van der Waals surface area contributed by atoms with Crippen molar-refractivity contribution in [2.45, 2.75) is 33.2 Å². The number of hydrogen-bond acceptors (Lipinski definition) is 5. The maximum absolute atomic E-state index is 13.1. The van der Waals surface area contributed by atoms with E-state index in [1.807, 2.05) is 64.2 Å². The van der Waals surface area contributed by atoms with Gasteiger partial charge in [-0.25, -0.2) is 0 Å².